The molecule has 0 spiro atoms. The summed E-state index contributed by atoms with van der Waals surface area (Å²) in [5.41, 5.74) is 3.00. The number of hydrogen-bond donors (Lipinski definition) is 0. The lowest BCUT2D eigenvalue weighted by molar-refractivity contribution is 0.0746. The molecule has 2 aromatic heterocycles. The number of anilines is 1. The SMILES string of the molecule is Cc1cc(C)cc(C(=O)N2CCN(c3cc(-n4ccnc4)ncn3)CC2)c1. The summed E-state index contributed by atoms with van der Waals surface area (Å²) in [7, 11) is 0. The fourth-order valence-electron chi connectivity index (χ4n) is 3.47. The monoisotopic (exact) mass is 362 g/mol. The van der Waals surface area contributed by atoms with E-state index in [0.717, 1.165) is 41.4 Å². The average molecular weight is 362 g/mol. The van der Waals surface area contributed by atoms with Crippen molar-refractivity contribution in [2.45, 2.75) is 13.8 Å². The highest BCUT2D eigenvalue weighted by Gasteiger charge is 2.23. The van der Waals surface area contributed by atoms with E-state index in [1.54, 1.807) is 18.9 Å². The topological polar surface area (TPSA) is 67.2 Å². The molecule has 0 N–H and O–H groups in total. The minimum Gasteiger partial charge on any atom is -0.353 e. The molecule has 1 aliphatic heterocycles. The summed E-state index contributed by atoms with van der Waals surface area (Å²) in [6, 6.07) is 7.96. The van der Waals surface area contributed by atoms with Crippen LogP contribution in [0.25, 0.3) is 5.82 Å². The lowest BCUT2D eigenvalue weighted by Crippen LogP contribution is -2.49. The molecule has 0 radical (unpaired) electrons. The summed E-state index contributed by atoms with van der Waals surface area (Å²) in [6.07, 6.45) is 6.86. The number of carbonyl (C=O) groups is 1. The first-order valence-corrected chi connectivity index (χ1v) is 9.03. The molecule has 3 aromatic rings. The fourth-order valence-corrected chi connectivity index (χ4v) is 3.47. The van der Waals surface area contributed by atoms with E-state index in [1.807, 2.05) is 47.7 Å². The molecule has 0 bridgehead atoms. The van der Waals surface area contributed by atoms with Crippen molar-refractivity contribution in [3.05, 3.63) is 66.0 Å². The van der Waals surface area contributed by atoms with Crippen LogP contribution in [-0.2, 0) is 0 Å². The smallest absolute Gasteiger partial charge is 0.253 e. The number of hydrogen-bond acceptors (Lipinski definition) is 5. The van der Waals surface area contributed by atoms with Crippen LogP contribution in [0, 0.1) is 13.8 Å². The number of rotatable bonds is 3. The molecule has 0 saturated carbocycles. The van der Waals surface area contributed by atoms with Crippen molar-refractivity contribution in [1.29, 1.82) is 0 Å². The minimum absolute atomic E-state index is 0.100. The zero-order valence-corrected chi connectivity index (χ0v) is 15.5. The van der Waals surface area contributed by atoms with E-state index in [4.69, 9.17) is 0 Å². The highest BCUT2D eigenvalue weighted by Crippen LogP contribution is 2.18. The maximum atomic E-state index is 12.8. The van der Waals surface area contributed by atoms with Gasteiger partial charge < -0.3 is 9.80 Å². The van der Waals surface area contributed by atoms with Gasteiger partial charge in [-0.1, -0.05) is 17.2 Å². The maximum absolute atomic E-state index is 12.8. The Morgan fingerprint density at radius 3 is 2.30 bits per heavy atom. The third-order valence-electron chi connectivity index (χ3n) is 4.77. The normalized spacial score (nSPS) is 14.4. The molecule has 0 aliphatic carbocycles. The molecular formula is C20H22N6O. The van der Waals surface area contributed by atoms with Crippen molar-refractivity contribution in [3.63, 3.8) is 0 Å². The van der Waals surface area contributed by atoms with Crippen molar-refractivity contribution in [2.24, 2.45) is 0 Å². The van der Waals surface area contributed by atoms with Gasteiger partial charge in [0.25, 0.3) is 5.91 Å². The van der Waals surface area contributed by atoms with Crippen LogP contribution in [-0.4, -0.2) is 56.5 Å². The molecule has 27 heavy (non-hydrogen) atoms. The second-order valence-electron chi connectivity index (χ2n) is 6.86. The maximum Gasteiger partial charge on any atom is 0.253 e. The predicted molar refractivity (Wildman–Crippen MR) is 103 cm³/mol. The van der Waals surface area contributed by atoms with Gasteiger partial charge >= 0.3 is 0 Å². The Morgan fingerprint density at radius 1 is 0.926 bits per heavy atom. The fraction of sp³-hybridized carbons (Fsp3) is 0.300. The molecule has 7 nitrogen and oxygen atoms in total. The highest BCUT2D eigenvalue weighted by atomic mass is 16.2. The summed E-state index contributed by atoms with van der Waals surface area (Å²) >= 11 is 0. The van der Waals surface area contributed by atoms with Gasteiger partial charge in [0.05, 0.1) is 0 Å². The van der Waals surface area contributed by atoms with Crippen LogP contribution in [0.2, 0.25) is 0 Å². The number of amides is 1. The van der Waals surface area contributed by atoms with Gasteiger partial charge in [0.15, 0.2) is 0 Å². The highest BCUT2D eigenvalue weighted by molar-refractivity contribution is 5.94. The van der Waals surface area contributed by atoms with Gasteiger partial charge in [-0.25, -0.2) is 15.0 Å². The van der Waals surface area contributed by atoms with E-state index in [9.17, 15) is 4.79 Å². The Morgan fingerprint density at radius 2 is 1.63 bits per heavy atom. The molecule has 1 amide bonds. The third kappa shape index (κ3) is 3.67. The molecule has 0 unspecified atom stereocenters. The van der Waals surface area contributed by atoms with Crippen molar-refractivity contribution in [2.75, 3.05) is 31.1 Å². The summed E-state index contributed by atoms with van der Waals surface area (Å²) in [5, 5.41) is 0. The molecule has 3 heterocycles. The van der Waals surface area contributed by atoms with Crippen LogP contribution in [0.4, 0.5) is 5.82 Å². The quantitative estimate of drug-likeness (QED) is 0.715. The van der Waals surface area contributed by atoms with Gasteiger partial charge in [0.1, 0.15) is 24.3 Å². The number of aromatic nitrogens is 4. The third-order valence-corrected chi connectivity index (χ3v) is 4.77. The Labute approximate surface area is 158 Å². The first-order chi connectivity index (χ1) is 13.1. The van der Waals surface area contributed by atoms with E-state index in [-0.39, 0.29) is 5.91 Å². The van der Waals surface area contributed by atoms with Gasteiger partial charge in [-0.2, -0.15) is 0 Å². The molecule has 1 saturated heterocycles. The van der Waals surface area contributed by atoms with Crippen molar-refractivity contribution in [1.82, 2.24) is 24.4 Å². The second kappa shape index (κ2) is 7.19. The molecular weight excluding hydrogens is 340 g/mol. The molecule has 138 valence electrons. The standard InChI is InChI=1S/C20H22N6O/c1-15-9-16(2)11-17(10-15)20(27)25-7-5-24(6-8-25)18-12-19(23-13-22-18)26-4-3-21-14-26/h3-4,9-14H,5-8H2,1-2H3. The molecule has 1 aliphatic rings. The second-order valence-corrected chi connectivity index (χ2v) is 6.86. The summed E-state index contributed by atoms with van der Waals surface area (Å²) in [5.74, 6) is 1.75. The van der Waals surface area contributed by atoms with Crippen molar-refractivity contribution >= 4 is 11.7 Å². The van der Waals surface area contributed by atoms with Crippen LogP contribution in [0.3, 0.4) is 0 Å². The largest absolute Gasteiger partial charge is 0.353 e. The number of piperazine rings is 1. The van der Waals surface area contributed by atoms with E-state index < -0.39 is 0 Å². The zero-order chi connectivity index (χ0) is 18.8. The molecule has 0 atom stereocenters. The minimum atomic E-state index is 0.100. The van der Waals surface area contributed by atoms with Gasteiger partial charge in [-0.05, 0) is 26.0 Å². The van der Waals surface area contributed by atoms with Gasteiger partial charge in [0, 0.05) is 50.2 Å². The van der Waals surface area contributed by atoms with E-state index in [1.165, 1.54) is 0 Å². The molecule has 1 aromatic carbocycles. The van der Waals surface area contributed by atoms with Gasteiger partial charge in [-0.15, -0.1) is 0 Å². The van der Waals surface area contributed by atoms with Crippen LogP contribution in [0.1, 0.15) is 21.5 Å². The molecule has 4 rings (SSSR count). The lowest BCUT2D eigenvalue weighted by Gasteiger charge is -2.35. The Hall–Kier alpha value is -3.22. The summed E-state index contributed by atoms with van der Waals surface area (Å²) in [4.78, 5) is 29.7. The van der Waals surface area contributed by atoms with E-state index >= 15 is 0 Å². The van der Waals surface area contributed by atoms with Crippen LogP contribution >= 0.6 is 0 Å². The Balaban J connectivity index is 1.45. The van der Waals surface area contributed by atoms with Crippen LogP contribution in [0.15, 0.2) is 49.3 Å². The van der Waals surface area contributed by atoms with E-state index in [2.05, 4.69) is 25.9 Å². The molecule has 1 fully saturated rings. The van der Waals surface area contributed by atoms with Crippen LogP contribution < -0.4 is 4.90 Å². The number of nitrogens with zero attached hydrogens (tertiary/aromatic N) is 6. The Bertz CT molecular complexity index is 925. The van der Waals surface area contributed by atoms with Gasteiger partial charge in [-0.3, -0.25) is 9.36 Å². The zero-order valence-electron chi connectivity index (χ0n) is 15.5. The van der Waals surface area contributed by atoms with Crippen molar-refractivity contribution in [3.8, 4) is 5.82 Å². The Kier molecular flexibility index (Phi) is 4.58. The first-order valence-electron chi connectivity index (χ1n) is 9.03. The average Bonchev–Trinajstić information content (AvgIpc) is 3.22. The summed E-state index contributed by atoms with van der Waals surface area (Å²) in [6.45, 7) is 6.89. The van der Waals surface area contributed by atoms with Crippen molar-refractivity contribution < 1.29 is 4.79 Å². The number of imidazole rings is 1. The predicted octanol–water partition coefficient (Wildman–Crippen LogP) is 2.24. The van der Waals surface area contributed by atoms with Crippen LogP contribution in [0.5, 0.6) is 0 Å². The molecule has 7 heteroatoms. The number of aryl methyl sites for hydroxylation is 2. The lowest BCUT2D eigenvalue weighted by atomic mass is 10.1. The van der Waals surface area contributed by atoms with E-state index in [0.29, 0.717) is 13.1 Å². The van der Waals surface area contributed by atoms with Gasteiger partial charge in [0.2, 0.25) is 0 Å². The number of benzene rings is 1. The number of carbonyl (C=O) groups excluding carboxylic acids is 1. The first kappa shape index (κ1) is 17.2. The summed E-state index contributed by atoms with van der Waals surface area (Å²) < 4.78 is 1.85.